The molecule has 6 heteroatoms. The Hall–Kier alpha value is -3.72. The van der Waals surface area contributed by atoms with Crippen LogP contribution in [0.5, 0.6) is 0 Å². The molecule has 1 amide bonds. The second-order valence-corrected chi connectivity index (χ2v) is 7.83. The Balaban J connectivity index is 1.28. The van der Waals surface area contributed by atoms with Gasteiger partial charge in [0, 0.05) is 24.4 Å². The molecule has 0 radical (unpaired) electrons. The smallest absolute Gasteiger partial charge is 0.416 e. The summed E-state index contributed by atoms with van der Waals surface area (Å²) in [6.07, 6.45) is -4.54. The number of benzene rings is 3. The molecule has 0 spiro atoms. The number of amides is 1. The zero-order valence-electron chi connectivity index (χ0n) is 18.0. The highest BCUT2D eigenvalue weighted by molar-refractivity contribution is 5.79. The molecule has 0 fully saturated rings. The molecule has 0 unspecified atom stereocenters. The molecule has 3 aromatic rings. The van der Waals surface area contributed by atoms with Gasteiger partial charge in [0.05, 0.1) is 5.56 Å². The van der Waals surface area contributed by atoms with Crippen LogP contribution >= 0.6 is 0 Å². The average molecular weight is 449 g/mol. The Morgan fingerprint density at radius 1 is 1.00 bits per heavy atom. The third-order valence-electron chi connectivity index (χ3n) is 5.64. The molecule has 4 rings (SSSR count). The van der Waals surface area contributed by atoms with E-state index >= 15 is 0 Å². The van der Waals surface area contributed by atoms with Gasteiger partial charge in [0.2, 0.25) is 0 Å². The molecule has 1 aliphatic rings. The first-order chi connectivity index (χ1) is 15.8. The van der Waals surface area contributed by atoms with Crippen LogP contribution in [0.1, 0.15) is 40.2 Å². The molecular weight excluding hydrogens is 427 g/mol. The number of ether oxygens (including phenoxy) is 1. The number of fused-ring (bicyclic) bond motifs is 3. The highest BCUT2D eigenvalue weighted by Gasteiger charge is 2.30. The van der Waals surface area contributed by atoms with E-state index in [0.717, 1.165) is 34.4 Å². The molecule has 0 heterocycles. The topological polar surface area (TPSA) is 38.3 Å². The minimum Gasteiger partial charge on any atom is -0.449 e. The Labute approximate surface area is 190 Å². The molecule has 0 aromatic heterocycles. The van der Waals surface area contributed by atoms with Gasteiger partial charge >= 0.3 is 12.3 Å². The second-order valence-electron chi connectivity index (χ2n) is 7.83. The average Bonchev–Trinajstić information content (AvgIpc) is 3.11. The molecule has 0 saturated carbocycles. The van der Waals surface area contributed by atoms with Gasteiger partial charge in [0.15, 0.2) is 0 Å². The Morgan fingerprint density at radius 3 is 2.24 bits per heavy atom. The van der Waals surface area contributed by atoms with Gasteiger partial charge in [0.25, 0.3) is 0 Å². The van der Waals surface area contributed by atoms with Crippen molar-refractivity contribution >= 4 is 6.09 Å². The molecule has 33 heavy (non-hydrogen) atoms. The molecule has 3 nitrogen and oxygen atoms in total. The van der Waals surface area contributed by atoms with Gasteiger partial charge in [-0.1, -0.05) is 60.4 Å². The van der Waals surface area contributed by atoms with Crippen molar-refractivity contribution in [2.45, 2.75) is 25.4 Å². The van der Waals surface area contributed by atoms with Crippen molar-refractivity contribution in [2.75, 3.05) is 13.2 Å². The van der Waals surface area contributed by atoms with Gasteiger partial charge in [-0.25, -0.2) is 4.79 Å². The summed E-state index contributed by atoms with van der Waals surface area (Å²) >= 11 is 0. The zero-order chi connectivity index (χ0) is 23.4. The number of rotatable bonds is 4. The largest absolute Gasteiger partial charge is 0.449 e. The van der Waals surface area contributed by atoms with Gasteiger partial charge < -0.3 is 10.1 Å². The van der Waals surface area contributed by atoms with E-state index in [2.05, 4.69) is 41.4 Å². The van der Waals surface area contributed by atoms with E-state index < -0.39 is 17.8 Å². The third-order valence-corrected chi connectivity index (χ3v) is 5.64. The van der Waals surface area contributed by atoms with E-state index in [9.17, 15) is 18.0 Å². The van der Waals surface area contributed by atoms with E-state index in [0.29, 0.717) is 17.5 Å². The van der Waals surface area contributed by atoms with Crippen LogP contribution in [0.4, 0.5) is 18.0 Å². The standard InChI is InChI=1S/C27H22F3NO2/c1-18-16-20(27(28,29)30)14-13-19(18)8-6-7-15-31-26(32)33-17-25-23-11-4-2-9-21(23)22-10-3-5-12-24(22)25/h2-5,9-14,16,25H,7,15,17H2,1H3,(H,31,32). The molecule has 1 N–H and O–H groups in total. The second kappa shape index (κ2) is 9.41. The van der Waals surface area contributed by atoms with Crippen molar-refractivity contribution < 1.29 is 22.7 Å². The van der Waals surface area contributed by atoms with Crippen LogP contribution in [-0.2, 0) is 10.9 Å². The van der Waals surface area contributed by atoms with Gasteiger partial charge in [-0.15, -0.1) is 0 Å². The van der Waals surface area contributed by atoms with E-state index in [-0.39, 0.29) is 19.1 Å². The summed E-state index contributed by atoms with van der Waals surface area (Å²) in [5.74, 6) is 5.72. The van der Waals surface area contributed by atoms with Crippen LogP contribution in [-0.4, -0.2) is 19.2 Å². The molecular formula is C27H22F3NO2. The zero-order valence-corrected chi connectivity index (χ0v) is 18.0. The Morgan fingerprint density at radius 2 is 1.64 bits per heavy atom. The maximum Gasteiger partial charge on any atom is 0.416 e. The third kappa shape index (κ3) is 5.04. The van der Waals surface area contributed by atoms with E-state index in [1.54, 1.807) is 6.92 Å². The molecule has 0 aliphatic heterocycles. The number of alkyl halides is 3. The predicted molar refractivity (Wildman–Crippen MR) is 121 cm³/mol. The van der Waals surface area contributed by atoms with Gasteiger partial charge in [-0.2, -0.15) is 13.2 Å². The first-order valence-corrected chi connectivity index (χ1v) is 10.6. The van der Waals surface area contributed by atoms with Gasteiger partial charge in [0.1, 0.15) is 6.61 Å². The van der Waals surface area contributed by atoms with E-state index in [1.165, 1.54) is 6.07 Å². The fraction of sp³-hybridized carbons (Fsp3) is 0.222. The minimum absolute atomic E-state index is 0.00872. The molecule has 0 bridgehead atoms. The van der Waals surface area contributed by atoms with Crippen LogP contribution in [0, 0.1) is 18.8 Å². The lowest BCUT2D eigenvalue weighted by atomic mass is 9.98. The van der Waals surface area contributed by atoms with Crippen molar-refractivity contribution in [3.63, 3.8) is 0 Å². The predicted octanol–water partition coefficient (Wildman–Crippen LogP) is 6.29. The molecule has 168 valence electrons. The highest BCUT2D eigenvalue weighted by Crippen LogP contribution is 2.44. The number of carbonyl (C=O) groups is 1. The fourth-order valence-corrected chi connectivity index (χ4v) is 4.01. The number of nitrogens with one attached hydrogen (secondary N) is 1. The van der Waals surface area contributed by atoms with E-state index in [4.69, 9.17) is 4.74 Å². The Kier molecular flexibility index (Phi) is 6.41. The number of alkyl carbamates (subject to hydrolysis) is 1. The number of halogens is 3. The van der Waals surface area contributed by atoms with Crippen LogP contribution in [0.15, 0.2) is 66.7 Å². The van der Waals surface area contributed by atoms with Gasteiger partial charge in [-0.05, 0) is 52.9 Å². The van der Waals surface area contributed by atoms with E-state index in [1.807, 2.05) is 24.3 Å². The van der Waals surface area contributed by atoms with Gasteiger partial charge in [-0.3, -0.25) is 0 Å². The number of hydrogen-bond acceptors (Lipinski definition) is 2. The summed E-state index contributed by atoms with van der Waals surface area (Å²) in [4.78, 5) is 12.2. The molecule has 0 saturated heterocycles. The first kappa shape index (κ1) is 22.5. The fourth-order valence-electron chi connectivity index (χ4n) is 4.01. The number of aryl methyl sites for hydroxylation is 1. The molecule has 0 atom stereocenters. The summed E-state index contributed by atoms with van der Waals surface area (Å²) in [6, 6.07) is 19.7. The monoisotopic (exact) mass is 449 g/mol. The summed E-state index contributed by atoms with van der Waals surface area (Å²) in [6.45, 7) is 2.10. The van der Waals surface area contributed by atoms with Crippen LogP contribution in [0.2, 0.25) is 0 Å². The maximum atomic E-state index is 12.7. The number of carbonyl (C=O) groups excluding carboxylic acids is 1. The SMILES string of the molecule is Cc1cc(C(F)(F)F)ccc1C#CCCNC(=O)OCC1c2ccccc2-c2ccccc21. The minimum atomic E-state index is -4.37. The van der Waals surface area contributed by atoms with Crippen molar-refractivity contribution in [1.82, 2.24) is 5.32 Å². The summed E-state index contributed by atoms with van der Waals surface area (Å²) in [5, 5.41) is 2.67. The molecule has 1 aliphatic carbocycles. The molecule has 3 aromatic carbocycles. The lowest BCUT2D eigenvalue weighted by Crippen LogP contribution is -2.26. The normalized spacial score (nSPS) is 12.4. The van der Waals surface area contributed by atoms with Crippen molar-refractivity contribution in [3.05, 3.63) is 94.5 Å². The number of hydrogen-bond donors (Lipinski definition) is 1. The van der Waals surface area contributed by atoms with Crippen molar-refractivity contribution in [3.8, 4) is 23.0 Å². The van der Waals surface area contributed by atoms with Crippen molar-refractivity contribution in [1.29, 1.82) is 0 Å². The van der Waals surface area contributed by atoms with Crippen LogP contribution in [0.3, 0.4) is 0 Å². The maximum absolute atomic E-state index is 12.7. The summed E-state index contributed by atoms with van der Waals surface area (Å²) < 4.78 is 43.7. The Bertz CT molecular complexity index is 1190. The summed E-state index contributed by atoms with van der Waals surface area (Å²) in [7, 11) is 0. The van der Waals surface area contributed by atoms with Crippen LogP contribution < -0.4 is 5.32 Å². The quantitative estimate of drug-likeness (QED) is 0.375. The first-order valence-electron chi connectivity index (χ1n) is 10.6. The lowest BCUT2D eigenvalue weighted by molar-refractivity contribution is -0.137. The highest BCUT2D eigenvalue weighted by atomic mass is 19.4. The van der Waals surface area contributed by atoms with Crippen molar-refractivity contribution in [2.24, 2.45) is 0 Å². The summed E-state index contributed by atoms with van der Waals surface area (Å²) in [5.41, 5.74) is 4.91. The lowest BCUT2D eigenvalue weighted by Gasteiger charge is -2.14. The van der Waals surface area contributed by atoms with Crippen LogP contribution in [0.25, 0.3) is 11.1 Å².